The molecule has 0 saturated carbocycles. The van der Waals surface area contributed by atoms with E-state index in [1.807, 2.05) is 0 Å². The largest absolute Gasteiger partial charge is 0.389 e. The summed E-state index contributed by atoms with van der Waals surface area (Å²) in [6.45, 7) is -0.0198. The molecule has 2 amide bonds. The number of β-lactam (4-membered cyclic amide) rings is 1. The molecule has 0 aromatic carbocycles. The molecule has 18 heteroatoms. The first-order valence-corrected chi connectivity index (χ1v) is 10.7. The van der Waals surface area contributed by atoms with Crippen molar-refractivity contribution in [2.45, 2.75) is 23.2 Å². The number of thiazole rings is 1. The van der Waals surface area contributed by atoms with E-state index in [0.717, 1.165) is 18.0 Å². The molecular weight excluding hydrogens is 450 g/mol. The van der Waals surface area contributed by atoms with Gasteiger partial charge in [0, 0.05) is 12.4 Å². The average Bonchev–Trinajstić information content (AvgIpc) is 3.23. The second-order valence-electron chi connectivity index (χ2n) is 5.38. The molecule has 0 radical (unpaired) electrons. The van der Waals surface area contributed by atoms with Crippen LogP contribution in [0.5, 0.6) is 0 Å². The number of carbonyl (C=O) groups is 2. The predicted octanol–water partition coefficient (Wildman–Crippen LogP) is -2.00. The number of nitrogens with two attached hydrogens (primary N) is 1. The summed E-state index contributed by atoms with van der Waals surface area (Å²) in [6, 6.07) is -1.27. The molecule has 2 aromatic heterocycles. The molecule has 1 aliphatic heterocycles. The lowest BCUT2D eigenvalue weighted by molar-refractivity contribution is -0.140. The van der Waals surface area contributed by atoms with Crippen LogP contribution in [-0.2, 0) is 38.4 Å². The van der Waals surface area contributed by atoms with E-state index >= 15 is 0 Å². The van der Waals surface area contributed by atoms with E-state index < -0.39 is 33.5 Å². The SMILES string of the molecule is Cn1nnnc1S[C@H]1[C@H](NC(=O)/C=N\OCc2csc(N)n2)C(=O)N1S(=O)(=O)O. The highest BCUT2D eigenvalue weighted by Crippen LogP contribution is 2.35. The number of anilines is 1. The molecule has 1 saturated heterocycles. The maximum absolute atomic E-state index is 12.1. The number of amides is 2. The van der Waals surface area contributed by atoms with Gasteiger partial charge in [-0.15, -0.1) is 16.4 Å². The van der Waals surface area contributed by atoms with Crippen LogP contribution in [0.4, 0.5) is 5.13 Å². The summed E-state index contributed by atoms with van der Waals surface area (Å²) in [6.07, 6.45) is 0.769. The van der Waals surface area contributed by atoms with Crippen molar-refractivity contribution in [2.75, 3.05) is 5.73 Å². The Balaban J connectivity index is 1.61. The molecule has 1 aliphatic rings. The van der Waals surface area contributed by atoms with Gasteiger partial charge < -0.3 is 15.9 Å². The van der Waals surface area contributed by atoms with Crippen LogP contribution in [0.25, 0.3) is 0 Å². The van der Waals surface area contributed by atoms with Crippen molar-refractivity contribution in [3.05, 3.63) is 11.1 Å². The van der Waals surface area contributed by atoms with Crippen LogP contribution in [0, 0.1) is 0 Å². The number of hydrogen-bond acceptors (Lipinski definition) is 13. The summed E-state index contributed by atoms with van der Waals surface area (Å²) in [5.41, 5.74) is 5.99. The fourth-order valence-corrected chi connectivity index (χ4v) is 4.87. The smallest absolute Gasteiger partial charge is 0.363 e. The first kappa shape index (κ1) is 20.9. The lowest BCUT2D eigenvalue weighted by Gasteiger charge is -2.42. The van der Waals surface area contributed by atoms with Gasteiger partial charge in [0.15, 0.2) is 11.7 Å². The Kier molecular flexibility index (Phi) is 5.96. The number of rotatable bonds is 8. The number of aromatic nitrogens is 5. The van der Waals surface area contributed by atoms with E-state index in [-0.39, 0.29) is 16.1 Å². The Morgan fingerprint density at radius 2 is 2.34 bits per heavy atom. The van der Waals surface area contributed by atoms with Gasteiger partial charge in [-0.3, -0.25) is 14.1 Å². The Hall–Kier alpha value is -2.83. The third-order valence-corrected chi connectivity index (χ3v) is 6.42. The van der Waals surface area contributed by atoms with Crippen LogP contribution in [0.2, 0.25) is 0 Å². The summed E-state index contributed by atoms with van der Waals surface area (Å²) in [5.74, 6) is -1.85. The standard InChI is InChI=1S/C11H13N9O6S3/c1-19-11(16-17-18-19)28-9-7(8(22)20(9)29(23,24)25)15-6(21)2-13-26-3-5-4-27-10(12)14-5/h2,4,7,9H,3H2,1H3,(H2,12,14)(H,15,21)(H,23,24,25)/b13-2-/t7-,9+/m1/s1. The van der Waals surface area contributed by atoms with Gasteiger partial charge in [-0.05, 0) is 10.4 Å². The predicted molar refractivity (Wildman–Crippen MR) is 98.6 cm³/mol. The molecule has 0 spiro atoms. The topological polar surface area (TPSA) is 208 Å². The van der Waals surface area contributed by atoms with Gasteiger partial charge in [-0.2, -0.15) is 12.7 Å². The quantitative estimate of drug-likeness (QED) is 0.168. The average molecular weight is 463 g/mol. The molecule has 3 heterocycles. The molecule has 3 rings (SSSR count). The van der Waals surface area contributed by atoms with Gasteiger partial charge >= 0.3 is 10.3 Å². The molecule has 2 atom stereocenters. The molecule has 0 unspecified atom stereocenters. The Morgan fingerprint density at radius 1 is 1.59 bits per heavy atom. The third kappa shape index (κ3) is 4.78. The van der Waals surface area contributed by atoms with Crippen LogP contribution in [-0.4, -0.2) is 71.9 Å². The van der Waals surface area contributed by atoms with Crippen molar-refractivity contribution < 1.29 is 27.4 Å². The number of tetrazole rings is 1. The monoisotopic (exact) mass is 463 g/mol. The highest BCUT2D eigenvalue weighted by Gasteiger charge is 2.55. The number of thioether (sulfide) groups is 1. The number of aryl methyl sites for hydroxylation is 1. The fourth-order valence-electron chi connectivity index (χ4n) is 2.13. The second-order valence-corrected chi connectivity index (χ2v) is 8.64. The maximum atomic E-state index is 12.1. The molecule has 4 N–H and O–H groups in total. The van der Waals surface area contributed by atoms with Crippen LogP contribution >= 0.6 is 23.1 Å². The van der Waals surface area contributed by atoms with Crippen molar-refractivity contribution in [3.8, 4) is 0 Å². The Labute approximate surface area is 171 Å². The number of oxime groups is 1. The Bertz CT molecular complexity index is 1050. The van der Waals surface area contributed by atoms with Gasteiger partial charge in [0.05, 0.1) is 5.69 Å². The number of nitrogen functional groups attached to an aromatic ring is 1. The van der Waals surface area contributed by atoms with Crippen molar-refractivity contribution in [1.82, 2.24) is 34.8 Å². The highest BCUT2D eigenvalue weighted by atomic mass is 32.2. The number of carbonyl (C=O) groups excluding carboxylic acids is 2. The normalized spacial score (nSPS) is 19.4. The maximum Gasteiger partial charge on any atom is 0.363 e. The molecule has 0 bridgehead atoms. The van der Waals surface area contributed by atoms with Crippen molar-refractivity contribution in [2.24, 2.45) is 12.2 Å². The zero-order chi connectivity index (χ0) is 21.2. The Morgan fingerprint density at radius 3 is 2.93 bits per heavy atom. The first-order valence-electron chi connectivity index (χ1n) is 7.52. The fraction of sp³-hybridized carbons (Fsp3) is 0.364. The van der Waals surface area contributed by atoms with Crippen molar-refractivity contribution in [3.63, 3.8) is 0 Å². The molecule has 0 aliphatic carbocycles. The lowest BCUT2D eigenvalue weighted by atomic mass is 10.1. The van der Waals surface area contributed by atoms with Crippen LogP contribution in [0.3, 0.4) is 0 Å². The molecular formula is C11H13N9O6S3. The van der Waals surface area contributed by atoms with E-state index in [1.54, 1.807) is 5.38 Å². The van der Waals surface area contributed by atoms with Crippen molar-refractivity contribution >= 4 is 56.6 Å². The van der Waals surface area contributed by atoms with Crippen LogP contribution in [0.15, 0.2) is 15.7 Å². The van der Waals surface area contributed by atoms with Gasteiger partial charge in [0.25, 0.3) is 11.8 Å². The zero-order valence-electron chi connectivity index (χ0n) is 14.4. The van der Waals surface area contributed by atoms with Crippen molar-refractivity contribution in [1.29, 1.82) is 0 Å². The lowest BCUT2D eigenvalue weighted by Crippen LogP contribution is -2.70. The minimum atomic E-state index is -4.84. The zero-order valence-corrected chi connectivity index (χ0v) is 16.9. The number of nitrogens with one attached hydrogen (secondary N) is 1. The van der Waals surface area contributed by atoms with Crippen LogP contribution < -0.4 is 11.1 Å². The van der Waals surface area contributed by atoms with E-state index in [4.69, 9.17) is 10.6 Å². The summed E-state index contributed by atoms with van der Waals surface area (Å²) in [7, 11) is -3.35. The first-order chi connectivity index (χ1) is 13.7. The van der Waals surface area contributed by atoms with Gasteiger partial charge in [0.2, 0.25) is 5.16 Å². The molecule has 156 valence electrons. The minimum absolute atomic E-state index is 0.0198. The third-order valence-electron chi connectivity index (χ3n) is 3.38. The van der Waals surface area contributed by atoms with E-state index in [2.05, 4.69) is 31.0 Å². The highest BCUT2D eigenvalue weighted by molar-refractivity contribution is 8.00. The number of hydrogen-bond donors (Lipinski definition) is 3. The van der Waals surface area contributed by atoms with E-state index in [9.17, 15) is 22.6 Å². The molecule has 2 aromatic rings. The molecule has 29 heavy (non-hydrogen) atoms. The van der Waals surface area contributed by atoms with E-state index in [1.165, 1.54) is 23.1 Å². The van der Waals surface area contributed by atoms with Gasteiger partial charge in [-0.25, -0.2) is 9.67 Å². The summed E-state index contributed by atoms with van der Waals surface area (Å²) in [5, 5.41) is 17.3. The second kappa shape index (κ2) is 8.27. The minimum Gasteiger partial charge on any atom is -0.389 e. The summed E-state index contributed by atoms with van der Waals surface area (Å²) < 4.78 is 33.6. The van der Waals surface area contributed by atoms with Crippen LogP contribution in [0.1, 0.15) is 5.69 Å². The summed E-state index contributed by atoms with van der Waals surface area (Å²) >= 11 is 1.98. The molecule has 1 fully saturated rings. The molecule has 15 nitrogen and oxygen atoms in total. The van der Waals surface area contributed by atoms with E-state index in [0.29, 0.717) is 10.8 Å². The van der Waals surface area contributed by atoms with Gasteiger partial charge in [0.1, 0.15) is 17.6 Å². The summed E-state index contributed by atoms with van der Waals surface area (Å²) in [4.78, 5) is 32.9. The van der Waals surface area contributed by atoms with Gasteiger partial charge in [-0.1, -0.05) is 16.9 Å². The number of nitrogens with zero attached hydrogens (tertiary/aromatic N) is 7.